The monoisotopic (exact) mass is 245 g/mol. The van der Waals surface area contributed by atoms with Crippen molar-refractivity contribution in [1.29, 1.82) is 0 Å². The van der Waals surface area contributed by atoms with Gasteiger partial charge in [0, 0.05) is 5.33 Å². The first-order chi connectivity index (χ1) is 5.90. The Bertz CT molecular complexity index is 283. The van der Waals surface area contributed by atoms with Crippen LogP contribution < -0.4 is 0 Å². The molecule has 0 saturated heterocycles. The molecular weight excluding hydrogens is 238 g/mol. The van der Waals surface area contributed by atoms with Gasteiger partial charge in [-0.3, -0.25) is 0 Å². The summed E-state index contributed by atoms with van der Waals surface area (Å²) in [5.74, 6) is 0.800. The molecule has 1 aliphatic rings. The molecule has 0 N–H and O–H groups in total. The summed E-state index contributed by atoms with van der Waals surface area (Å²) in [4.78, 5) is 5.43. The van der Waals surface area contributed by atoms with Crippen molar-refractivity contribution in [3.63, 3.8) is 0 Å². The van der Waals surface area contributed by atoms with Crippen molar-refractivity contribution in [3.05, 3.63) is 22.4 Å². The Morgan fingerprint density at radius 2 is 2.67 bits per heavy atom. The highest BCUT2D eigenvalue weighted by Crippen LogP contribution is 2.17. The van der Waals surface area contributed by atoms with Gasteiger partial charge in [-0.2, -0.15) is 0 Å². The molecule has 2 nitrogen and oxygen atoms in total. The third-order valence-electron chi connectivity index (χ3n) is 1.62. The summed E-state index contributed by atoms with van der Waals surface area (Å²) >= 11 is 5.03. The first kappa shape index (κ1) is 8.26. The molecule has 2 rings (SSSR count). The Labute approximate surface area is 83.4 Å². The van der Waals surface area contributed by atoms with E-state index in [0.29, 0.717) is 0 Å². The number of nitrogens with zero attached hydrogens (tertiary/aromatic N) is 1. The molecule has 0 saturated carbocycles. The number of rotatable bonds is 2. The van der Waals surface area contributed by atoms with Crippen LogP contribution in [0.3, 0.4) is 0 Å². The lowest BCUT2D eigenvalue weighted by Gasteiger charge is -2.05. The second-order valence-corrected chi connectivity index (χ2v) is 4.11. The van der Waals surface area contributed by atoms with Gasteiger partial charge in [0.1, 0.15) is 6.10 Å². The van der Waals surface area contributed by atoms with Crippen LogP contribution in [0.25, 0.3) is 0 Å². The summed E-state index contributed by atoms with van der Waals surface area (Å²) in [5.41, 5.74) is 0. The van der Waals surface area contributed by atoms with Gasteiger partial charge in [-0.15, -0.1) is 11.3 Å². The molecule has 64 valence electrons. The number of thiophene rings is 1. The third kappa shape index (κ3) is 1.54. The second kappa shape index (κ2) is 3.58. The molecule has 12 heavy (non-hydrogen) atoms. The Balaban J connectivity index is 2.09. The zero-order valence-corrected chi connectivity index (χ0v) is 8.77. The molecule has 1 aromatic heterocycles. The number of hydrogen-bond acceptors (Lipinski definition) is 3. The smallest absolute Gasteiger partial charge is 0.226 e. The Morgan fingerprint density at radius 1 is 1.75 bits per heavy atom. The zero-order valence-electron chi connectivity index (χ0n) is 6.37. The predicted molar refractivity (Wildman–Crippen MR) is 54.4 cm³/mol. The van der Waals surface area contributed by atoms with E-state index in [9.17, 15) is 0 Å². The minimum atomic E-state index is 0.224. The number of hydrogen-bond donors (Lipinski definition) is 0. The molecule has 0 bridgehead atoms. The van der Waals surface area contributed by atoms with Crippen LogP contribution in [0.2, 0.25) is 0 Å². The van der Waals surface area contributed by atoms with Crippen LogP contribution >= 0.6 is 27.3 Å². The van der Waals surface area contributed by atoms with Crippen LogP contribution in [0.5, 0.6) is 0 Å². The highest BCUT2D eigenvalue weighted by molar-refractivity contribution is 9.09. The van der Waals surface area contributed by atoms with E-state index in [1.54, 1.807) is 11.3 Å². The Morgan fingerprint density at radius 3 is 3.25 bits per heavy atom. The van der Waals surface area contributed by atoms with Crippen molar-refractivity contribution < 1.29 is 4.74 Å². The van der Waals surface area contributed by atoms with Crippen molar-refractivity contribution >= 4 is 33.2 Å². The van der Waals surface area contributed by atoms with Crippen molar-refractivity contribution in [2.45, 2.75) is 6.10 Å². The third-order valence-corrected chi connectivity index (χ3v) is 3.20. The van der Waals surface area contributed by atoms with Crippen molar-refractivity contribution in [3.8, 4) is 0 Å². The molecule has 0 amide bonds. The van der Waals surface area contributed by atoms with E-state index >= 15 is 0 Å². The predicted octanol–water partition coefficient (Wildman–Crippen LogP) is 2.29. The standard InChI is InChI=1S/C8H8BrNOS/c9-4-6-5-10-8(11-6)7-2-1-3-12-7/h1-3,6H,4-5H2/t6-/m0/s1. The van der Waals surface area contributed by atoms with Gasteiger partial charge >= 0.3 is 0 Å². The molecule has 0 spiro atoms. The fourth-order valence-electron chi connectivity index (χ4n) is 1.03. The van der Waals surface area contributed by atoms with Gasteiger partial charge in [0.25, 0.3) is 0 Å². The summed E-state index contributed by atoms with van der Waals surface area (Å²) in [6.45, 7) is 0.776. The Kier molecular flexibility index (Phi) is 2.46. The van der Waals surface area contributed by atoms with E-state index in [0.717, 1.165) is 22.6 Å². The second-order valence-electron chi connectivity index (χ2n) is 2.52. The molecule has 1 aromatic rings. The maximum Gasteiger partial charge on any atom is 0.226 e. The van der Waals surface area contributed by atoms with Gasteiger partial charge in [-0.25, -0.2) is 4.99 Å². The number of halogens is 1. The molecule has 1 aliphatic heterocycles. The zero-order chi connectivity index (χ0) is 8.39. The normalized spacial score (nSPS) is 22.1. The molecule has 0 radical (unpaired) electrons. The van der Waals surface area contributed by atoms with Crippen LogP contribution in [0.1, 0.15) is 4.88 Å². The SMILES string of the molecule is BrC[C@H]1CN=C(c2cccs2)O1. The van der Waals surface area contributed by atoms with E-state index in [2.05, 4.69) is 20.9 Å². The summed E-state index contributed by atoms with van der Waals surface area (Å²) in [6.07, 6.45) is 0.224. The van der Waals surface area contributed by atoms with Crippen LogP contribution in [-0.4, -0.2) is 23.9 Å². The highest BCUT2D eigenvalue weighted by Gasteiger charge is 2.19. The molecule has 4 heteroatoms. The lowest BCUT2D eigenvalue weighted by Crippen LogP contribution is -2.14. The number of aliphatic imine (C=N–C) groups is 1. The van der Waals surface area contributed by atoms with E-state index in [4.69, 9.17) is 4.74 Å². The van der Waals surface area contributed by atoms with Gasteiger partial charge < -0.3 is 4.74 Å². The van der Waals surface area contributed by atoms with Crippen LogP contribution in [0, 0.1) is 0 Å². The molecular formula is C8H8BrNOS. The van der Waals surface area contributed by atoms with E-state index in [-0.39, 0.29) is 6.10 Å². The summed E-state index contributed by atoms with van der Waals surface area (Å²) in [5, 5.41) is 2.88. The average molecular weight is 246 g/mol. The molecule has 0 aliphatic carbocycles. The van der Waals surface area contributed by atoms with Gasteiger partial charge in [0.05, 0.1) is 11.4 Å². The van der Waals surface area contributed by atoms with E-state index in [1.165, 1.54) is 0 Å². The fourth-order valence-corrected chi connectivity index (χ4v) is 2.04. The lowest BCUT2D eigenvalue weighted by atomic mass is 10.4. The summed E-state index contributed by atoms with van der Waals surface area (Å²) in [7, 11) is 0. The van der Waals surface area contributed by atoms with Crippen molar-refractivity contribution in [2.75, 3.05) is 11.9 Å². The van der Waals surface area contributed by atoms with Crippen molar-refractivity contribution in [2.24, 2.45) is 4.99 Å². The molecule has 0 aromatic carbocycles. The van der Waals surface area contributed by atoms with Gasteiger partial charge in [-0.05, 0) is 11.4 Å². The fraction of sp³-hybridized carbons (Fsp3) is 0.375. The topological polar surface area (TPSA) is 21.6 Å². The first-order valence-electron chi connectivity index (χ1n) is 3.71. The minimum absolute atomic E-state index is 0.224. The Hall–Kier alpha value is -0.350. The van der Waals surface area contributed by atoms with Crippen LogP contribution in [0.15, 0.2) is 22.5 Å². The van der Waals surface area contributed by atoms with Crippen LogP contribution in [0.4, 0.5) is 0 Å². The van der Waals surface area contributed by atoms with Gasteiger partial charge in [0.2, 0.25) is 5.90 Å². The molecule has 1 atom stereocenters. The lowest BCUT2D eigenvalue weighted by molar-refractivity contribution is 0.253. The molecule has 2 heterocycles. The largest absolute Gasteiger partial charge is 0.471 e. The maximum absolute atomic E-state index is 5.57. The maximum atomic E-state index is 5.57. The van der Waals surface area contributed by atoms with E-state index in [1.807, 2.05) is 17.5 Å². The molecule has 0 unspecified atom stereocenters. The average Bonchev–Trinajstić information content (AvgIpc) is 2.75. The van der Waals surface area contributed by atoms with E-state index < -0.39 is 0 Å². The minimum Gasteiger partial charge on any atom is -0.471 e. The summed E-state index contributed by atoms with van der Waals surface area (Å²) in [6, 6.07) is 4.04. The van der Waals surface area contributed by atoms with Gasteiger partial charge in [-0.1, -0.05) is 22.0 Å². The van der Waals surface area contributed by atoms with Crippen LogP contribution in [-0.2, 0) is 4.74 Å². The quantitative estimate of drug-likeness (QED) is 0.733. The number of alkyl halides is 1. The van der Waals surface area contributed by atoms with Gasteiger partial charge in [0.15, 0.2) is 0 Å². The molecule has 0 fully saturated rings. The first-order valence-corrected chi connectivity index (χ1v) is 5.71. The number of ether oxygens (including phenoxy) is 1. The summed E-state index contributed by atoms with van der Waals surface area (Å²) < 4.78 is 5.57. The van der Waals surface area contributed by atoms with Crippen molar-refractivity contribution in [1.82, 2.24) is 0 Å². The highest BCUT2D eigenvalue weighted by atomic mass is 79.9.